The maximum Gasteiger partial charge on any atom is 0.417 e. The summed E-state index contributed by atoms with van der Waals surface area (Å²) in [6.07, 6.45) is -3.76. The maximum atomic E-state index is 13.6. The average Bonchev–Trinajstić information content (AvgIpc) is 2.99. The molecule has 0 radical (unpaired) electrons. The van der Waals surface area contributed by atoms with E-state index in [1.54, 1.807) is 0 Å². The quantitative estimate of drug-likeness (QED) is 0.220. The maximum absolute atomic E-state index is 13.6. The number of carbonyl (C=O) groups is 1. The van der Waals surface area contributed by atoms with Gasteiger partial charge in [0.1, 0.15) is 17.0 Å². The highest BCUT2D eigenvalue weighted by atomic mass is 19.4. The first-order chi connectivity index (χ1) is 20.6. The minimum atomic E-state index is -4.67. The van der Waals surface area contributed by atoms with Crippen LogP contribution < -0.4 is 28.4 Å². The van der Waals surface area contributed by atoms with E-state index in [4.69, 9.17) is 28.4 Å². The van der Waals surface area contributed by atoms with Gasteiger partial charge in [-0.1, -0.05) is 18.2 Å². The van der Waals surface area contributed by atoms with Gasteiger partial charge in [0.15, 0.2) is 5.75 Å². The number of hydrogen-bond donors (Lipinski definition) is 1. The number of alkyl halides is 3. The monoisotopic (exact) mass is 601 g/mol. The Morgan fingerprint density at radius 3 is 1.79 bits per heavy atom. The third-order valence-electron chi connectivity index (χ3n) is 5.47. The molecule has 2 heterocycles. The Kier molecular flexibility index (Phi) is 9.08. The van der Waals surface area contributed by atoms with Gasteiger partial charge < -0.3 is 33.5 Å². The van der Waals surface area contributed by atoms with Gasteiger partial charge in [-0.25, -0.2) is 4.79 Å². The summed E-state index contributed by atoms with van der Waals surface area (Å²) >= 11 is 0. The first-order valence-corrected chi connectivity index (χ1v) is 12.0. The normalized spacial score (nSPS) is 11.2. The number of methoxy groups -OCH3 is 4. The lowest BCUT2D eigenvalue weighted by atomic mass is 10.1. The van der Waals surface area contributed by atoms with Crippen LogP contribution in [0.15, 0.2) is 53.5 Å². The van der Waals surface area contributed by atoms with Crippen molar-refractivity contribution < 1.29 is 51.5 Å². The molecule has 224 valence electrons. The highest BCUT2D eigenvalue weighted by Crippen LogP contribution is 2.42. The van der Waals surface area contributed by atoms with Gasteiger partial charge in [-0.2, -0.15) is 33.1 Å². The Bertz CT molecular complexity index is 1620. The molecule has 0 saturated heterocycles. The molecular weight excluding hydrogens is 579 g/mol. The zero-order chi connectivity index (χ0) is 31.1. The third kappa shape index (κ3) is 7.16. The lowest BCUT2D eigenvalue weighted by Crippen LogP contribution is -2.08. The van der Waals surface area contributed by atoms with Crippen molar-refractivity contribution in [3.05, 3.63) is 65.2 Å². The van der Waals surface area contributed by atoms with E-state index in [0.717, 1.165) is 12.3 Å². The third-order valence-corrected chi connectivity index (χ3v) is 5.47. The fourth-order valence-corrected chi connectivity index (χ4v) is 3.52. The highest BCUT2D eigenvalue weighted by molar-refractivity contribution is 5.97. The summed E-state index contributed by atoms with van der Waals surface area (Å²) in [5.41, 5.74) is -2.07. The predicted molar refractivity (Wildman–Crippen MR) is 143 cm³/mol. The van der Waals surface area contributed by atoms with Crippen molar-refractivity contribution in [3.8, 4) is 47.0 Å². The number of rotatable bonds is 11. The zero-order valence-electron chi connectivity index (χ0n) is 22.9. The fourth-order valence-electron chi connectivity index (χ4n) is 3.52. The first-order valence-electron chi connectivity index (χ1n) is 12.0. The van der Waals surface area contributed by atoms with Gasteiger partial charge in [-0.3, -0.25) is 4.99 Å². The lowest BCUT2D eigenvalue weighted by Gasteiger charge is -2.15. The van der Waals surface area contributed by atoms with Crippen molar-refractivity contribution in [2.45, 2.75) is 6.18 Å². The summed E-state index contributed by atoms with van der Waals surface area (Å²) in [7, 11) is 5.32. The molecule has 43 heavy (non-hydrogen) atoms. The number of ether oxygens (including phenoxy) is 6. The number of hydrogen-bond acceptors (Lipinski definition) is 12. The van der Waals surface area contributed by atoms with Gasteiger partial charge in [0.05, 0.1) is 46.1 Å². The van der Waals surface area contributed by atoms with E-state index < -0.39 is 35.0 Å². The standard InChI is InChI=1S/C27H22F3N5O8/c1-38-18-11-19(39-2)33-25(32-18)42-17-10-9-16(31-13-14-7-5-6-8-15(14)27(28,29)30)23(22(17)24(36)37)43-26-34-20(40-3)12-21(35-26)41-4/h5-13H,1-4H3,(H,36,37). The van der Waals surface area contributed by atoms with Crippen LogP contribution in [-0.2, 0) is 6.18 Å². The van der Waals surface area contributed by atoms with Crippen molar-refractivity contribution in [2.24, 2.45) is 4.99 Å². The molecule has 0 unspecified atom stereocenters. The number of nitrogens with zero attached hydrogens (tertiary/aromatic N) is 5. The van der Waals surface area contributed by atoms with Crippen molar-refractivity contribution >= 4 is 17.9 Å². The molecule has 13 nitrogen and oxygen atoms in total. The number of halogens is 3. The van der Waals surface area contributed by atoms with Crippen LogP contribution in [0.5, 0.6) is 47.0 Å². The molecule has 0 aliphatic rings. The second-order valence-electron chi connectivity index (χ2n) is 8.11. The number of carboxylic acid groups (broad SMARTS) is 1. The Balaban J connectivity index is 1.89. The fraction of sp³-hybridized carbons (Fsp3) is 0.185. The average molecular weight is 601 g/mol. The largest absolute Gasteiger partial charge is 0.481 e. The summed E-state index contributed by atoms with van der Waals surface area (Å²) in [6, 6.07) is 9.08. The SMILES string of the molecule is COc1cc(OC)nc(Oc2ccc(N=Cc3ccccc3C(F)(F)F)c(Oc3nc(OC)cc(OC)n3)c2C(=O)O)n1. The summed E-state index contributed by atoms with van der Waals surface area (Å²) in [6.45, 7) is 0. The number of carboxylic acids is 1. The van der Waals surface area contributed by atoms with Crippen LogP contribution in [0, 0.1) is 0 Å². The summed E-state index contributed by atoms with van der Waals surface area (Å²) in [5.74, 6) is -2.27. The summed E-state index contributed by atoms with van der Waals surface area (Å²) in [4.78, 5) is 32.8. The van der Waals surface area contributed by atoms with Gasteiger partial charge in [0, 0.05) is 11.8 Å². The van der Waals surface area contributed by atoms with Crippen molar-refractivity contribution in [2.75, 3.05) is 28.4 Å². The number of aromatic nitrogens is 4. The van der Waals surface area contributed by atoms with Gasteiger partial charge >= 0.3 is 24.2 Å². The molecule has 0 bridgehead atoms. The number of benzene rings is 2. The van der Waals surface area contributed by atoms with E-state index in [0.29, 0.717) is 0 Å². The smallest absolute Gasteiger partial charge is 0.417 e. The van der Waals surface area contributed by atoms with E-state index in [9.17, 15) is 23.1 Å². The Morgan fingerprint density at radius 2 is 1.30 bits per heavy atom. The molecule has 2 aromatic carbocycles. The zero-order valence-corrected chi connectivity index (χ0v) is 22.9. The molecule has 16 heteroatoms. The molecule has 0 fully saturated rings. The molecule has 0 spiro atoms. The van der Waals surface area contributed by atoms with E-state index in [1.165, 1.54) is 70.9 Å². The highest BCUT2D eigenvalue weighted by Gasteiger charge is 2.32. The van der Waals surface area contributed by atoms with Crippen LogP contribution in [0.2, 0.25) is 0 Å². The van der Waals surface area contributed by atoms with Gasteiger partial charge in [0.25, 0.3) is 0 Å². The second-order valence-corrected chi connectivity index (χ2v) is 8.11. The molecule has 0 saturated carbocycles. The molecule has 1 N–H and O–H groups in total. The minimum absolute atomic E-state index is 0.00663. The molecule has 0 aliphatic carbocycles. The van der Waals surface area contributed by atoms with Crippen LogP contribution >= 0.6 is 0 Å². The lowest BCUT2D eigenvalue weighted by molar-refractivity contribution is -0.137. The Labute approximate surface area is 241 Å². The second kappa shape index (κ2) is 12.9. The van der Waals surface area contributed by atoms with Crippen LogP contribution in [0.3, 0.4) is 0 Å². The van der Waals surface area contributed by atoms with Crippen molar-refractivity contribution in [1.82, 2.24) is 19.9 Å². The van der Waals surface area contributed by atoms with Crippen molar-refractivity contribution in [3.63, 3.8) is 0 Å². The van der Waals surface area contributed by atoms with Crippen molar-refractivity contribution in [1.29, 1.82) is 0 Å². The van der Waals surface area contributed by atoms with E-state index in [-0.39, 0.29) is 46.5 Å². The van der Waals surface area contributed by atoms with Crippen LogP contribution in [0.25, 0.3) is 0 Å². The first kappa shape index (κ1) is 30.3. The van der Waals surface area contributed by atoms with Gasteiger partial charge in [-0.05, 0) is 18.2 Å². The van der Waals surface area contributed by atoms with Crippen LogP contribution in [-0.4, -0.2) is 65.7 Å². The molecule has 2 aromatic heterocycles. The van der Waals surface area contributed by atoms with E-state index in [1.807, 2.05) is 0 Å². The molecule has 0 atom stereocenters. The van der Waals surface area contributed by atoms with Crippen LogP contribution in [0.4, 0.5) is 18.9 Å². The minimum Gasteiger partial charge on any atom is -0.481 e. The molecule has 0 amide bonds. The number of aromatic carboxylic acids is 1. The Hall–Kier alpha value is -5.67. The molecule has 4 rings (SSSR count). The number of aliphatic imine (C=N–C) groups is 1. The molecule has 0 aliphatic heterocycles. The van der Waals surface area contributed by atoms with Crippen LogP contribution in [0.1, 0.15) is 21.5 Å². The summed E-state index contributed by atoms with van der Waals surface area (Å²) in [5, 5.41) is 10.2. The van der Waals surface area contributed by atoms with Gasteiger partial charge in [0.2, 0.25) is 23.5 Å². The topological polar surface area (TPSA) is 157 Å². The summed E-state index contributed by atoms with van der Waals surface area (Å²) < 4.78 is 72.6. The predicted octanol–water partition coefficient (Wildman–Crippen LogP) is 5.35. The van der Waals surface area contributed by atoms with E-state index >= 15 is 0 Å². The van der Waals surface area contributed by atoms with E-state index in [2.05, 4.69) is 24.9 Å². The molecule has 4 aromatic rings. The Morgan fingerprint density at radius 1 is 0.791 bits per heavy atom. The molecular formula is C27H22F3N5O8. The van der Waals surface area contributed by atoms with Gasteiger partial charge in [-0.15, -0.1) is 0 Å².